The van der Waals surface area contributed by atoms with Gasteiger partial charge in [0.2, 0.25) is 5.91 Å². The number of fused-ring (bicyclic) bond motifs is 3. The average molecular weight is 398 g/mol. The quantitative estimate of drug-likeness (QED) is 0.446. The lowest BCUT2D eigenvalue weighted by atomic mass is 9.77. The number of nitrogens with zero attached hydrogens (tertiary/aromatic N) is 2. The molecule has 0 saturated carbocycles. The summed E-state index contributed by atoms with van der Waals surface area (Å²) >= 11 is 5.99. The van der Waals surface area contributed by atoms with Crippen LogP contribution < -0.4 is 10.2 Å². The summed E-state index contributed by atoms with van der Waals surface area (Å²) in [5.74, 6) is 0.413. The Morgan fingerprint density at radius 1 is 1.29 bits per heavy atom. The molecule has 7 heteroatoms. The monoisotopic (exact) mass is 397 g/mol. The number of halogens is 1. The van der Waals surface area contributed by atoms with Crippen molar-refractivity contribution in [2.24, 2.45) is 5.92 Å². The summed E-state index contributed by atoms with van der Waals surface area (Å²) in [7, 11) is 1.76. The molecule has 2 aliphatic rings. The molecule has 6 nitrogen and oxygen atoms in total. The molecule has 0 radical (unpaired) electrons. The second kappa shape index (κ2) is 6.95. The Hall–Kier alpha value is -2.86. The summed E-state index contributed by atoms with van der Waals surface area (Å²) < 4.78 is 0. The summed E-state index contributed by atoms with van der Waals surface area (Å²) in [6.07, 6.45) is 5.23. The maximum atomic E-state index is 11.7. The third-order valence-electron chi connectivity index (χ3n) is 5.73. The zero-order valence-electron chi connectivity index (χ0n) is 15.6. The van der Waals surface area contributed by atoms with Crippen LogP contribution in [0.1, 0.15) is 36.4 Å². The summed E-state index contributed by atoms with van der Waals surface area (Å²) in [4.78, 5) is 24.2. The minimum Gasteiger partial charge on any atom is -0.378 e. The highest BCUT2D eigenvalue weighted by atomic mass is 35.5. The van der Waals surface area contributed by atoms with Gasteiger partial charge in [0.05, 0.1) is 11.0 Å². The van der Waals surface area contributed by atoms with Crippen molar-refractivity contribution < 1.29 is 9.72 Å². The summed E-state index contributed by atoms with van der Waals surface area (Å²) in [5, 5.41) is 15.0. The molecule has 1 N–H and O–H groups in total. The van der Waals surface area contributed by atoms with Crippen molar-refractivity contribution in [3.8, 4) is 0 Å². The minimum absolute atomic E-state index is 0.0198. The molecular weight excluding hydrogens is 378 g/mol. The summed E-state index contributed by atoms with van der Waals surface area (Å²) in [6, 6.07) is 10.9. The number of rotatable bonds is 3. The van der Waals surface area contributed by atoms with Crippen LogP contribution in [0.4, 0.5) is 17.1 Å². The third-order valence-corrected chi connectivity index (χ3v) is 6.05. The lowest BCUT2D eigenvalue weighted by Gasteiger charge is -2.38. The summed E-state index contributed by atoms with van der Waals surface area (Å²) in [6.45, 7) is 1.54. The highest BCUT2D eigenvalue weighted by molar-refractivity contribution is 6.32. The average Bonchev–Trinajstić information content (AvgIpc) is 3.16. The number of carbonyl (C=O) groups is 1. The molecule has 0 bridgehead atoms. The van der Waals surface area contributed by atoms with Gasteiger partial charge in [-0.3, -0.25) is 14.9 Å². The van der Waals surface area contributed by atoms with Crippen LogP contribution in [-0.4, -0.2) is 17.9 Å². The van der Waals surface area contributed by atoms with Crippen molar-refractivity contribution >= 4 is 34.6 Å². The Morgan fingerprint density at radius 2 is 2.07 bits per heavy atom. The molecule has 0 saturated heterocycles. The minimum atomic E-state index is -0.448. The van der Waals surface area contributed by atoms with Crippen LogP contribution in [0.15, 0.2) is 48.6 Å². The van der Waals surface area contributed by atoms with Crippen molar-refractivity contribution in [2.75, 3.05) is 17.3 Å². The fourth-order valence-corrected chi connectivity index (χ4v) is 4.35. The molecule has 2 aromatic carbocycles. The Morgan fingerprint density at radius 3 is 2.79 bits per heavy atom. The highest BCUT2D eigenvalue weighted by Crippen LogP contribution is 2.51. The van der Waals surface area contributed by atoms with E-state index in [0.29, 0.717) is 0 Å². The van der Waals surface area contributed by atoms with Crippen LogP contribution >= 0.6 is 11.6 Å². The molecule has 1 heterocycles. The number of nitro benzene ring substituents is 1. The first kappa shape index (κ1) is 18.5. The van der Waals surface area contributed by atoms with E-state index in [1.807, 2.05) is 18.2 Å². The third kappa shape index (κ3) is 3.03. The molecule has 1 aliphatic heterocycles. The van der Waals surface area contributed by atoms with Crippen LogP contribution in [0.2, 0.25) is 5.02 Å². The molecule has 0 aromatic heterocycles. The molecule has 0 spiro atoms. The van der Waals surface area contributed by atoms with Gasteiger partial charge in [0.15, 0.2) is 0 Å². The van der Waals surface area contributed by atoms with Gasteiger partial charge in [-0.25, -0.2) is 0 Å². The van der Waals surface area contributed by atoms with Gasteiger partial charge in [-0.2, -0.15) is 0 Å². The lowest BCUT2D eigenvalue weighted by molar-refractivity contribution is -0.384. The maximum absolute atomic E-state index is 11.7. The molecule has 3 atom stereocenters. The van der Waals surface area contributed by atoms with E-state index in [2.05, 4.69) is 23.5 Å². The van der Waals surface area contributed by atoms with Gasteiger partial charge in [-0.1, -0.05) is 29.8 Å². The zero-order chi connectivity index (χ0) is 20.0. The van der Waals surface area contributed by atoms with E-state index in [0.717, 1.165) is 28.9 Å². The fraction of sp³-hybridized carbons (Fsp3) is 0.286. The first-order valence-corrected chi connectivity index (χ1v) is 9.50. The van der Waals surface area contributed by atoms with E-state index in [-0.39, 0.29) is 34.5 Å². The normalized spacial score (nSPS) is 22.2. The van der Waals surface area contributed by atoms with E-state index in [4.69, 9.17) is 11.6 Å². The fourth-order valence-electron chi connectivity index (χ4n) is 4.17. The number of hydrogen-bond donors (Lipinski definition) is 1. The van der Waals surface area contributed by atoms with Crippen LogP contribution in [0, 0.1) is 16.0 Å². The summed E-state index contributed by atoms with van der Waals surface area (Å²) in [5.41, 5.74) is 3.76. The number of benzene rings is 2. The molecule has 4 rings (SSSR count). The van der Waals surface area contributed by atoms with E-state index >= 15 is 0 Å². The first-order valence-electron chi connectivity index (χ1n) is 9.12. The van der Waals surface area contributed by atoms with Gasteiger partial charge in [-0.05, 0) is 47.7 Å². The molecule has 1 aliphatic carbocycles. The van der Waals surface area contributed by atoms with Crippen molar-refractivity contribution in [3.63, 3.8) is 0 Å². The van der Waals surface area contributed by atoms with Gasteiger partial charge in [0, 0.05) is 37.3 Å². The predicted octanol–water partition coefficient (Wildman–Crippen LogP) is 5.06. The van der Waals surface area contributed by atoms with Crippen molar-refractivity contribution in [3.05, 3.63) is 74.8 Å². The highest BCUT2D eigenvalue weighted by Gasteiger charge is 2.38. The van der Waals surface area contributed by atoms with Crippen molar-refractivity contribution in [1.82, 2.24) is 0 Å². The Labute approximate surface area is 167 Å². The standard InChI is InChI=1S/C21H20ClN3O3/c1-12(26)24(2)14-7-9-19-17(11-14)15-4-3-5-16(15)21(23-19)13-6-8-18(22)20(10-13)25(27)28/h3-4,6-11,15-16,21,23H,5H2,1-2H3. The van der Waals surface area contributed by atoms with Gasteiger partial charge in [0.25, 0.3) is 5.69 Å². The maximum Gasteiger partial charge on any atom is 0.288 e. The molecule has 2 aromatic rings. The topological polar surface area (TPSA) is 75.5 Å². The van der Waals surface area contributed by atoms with E-state index in [1.165, 1.54) is 0 Å². The second-order valence-corrected chi connectivity index (χ2v) is 7.70. The van der Waals surface area contributed by atoms with Crippen LogP contribution in [-0.2, 0) is 4.79 Å². The Balaban J connectivity index is 1.75. The van der Waals surface area contributed by atoms with E-state index in [9.17, 15) is 14.9 Å². The van der Waals surface area contributed by atoms with E-state index in [1.54, 1.807) is 31.0 Å². The first-order chi connectivity index (χ1) is 13.4. The number of hydrogen-bond acceptors (Lipinski definition) is 4. The van der Waals surface area contributed by atoms with Gasteiger partial charge in [0.1, 0.15) is 5.02 Å². The number of carbonyl (C=O) groups excluding carboxylic acids is 1. The van der Waals surface area contributed by atoms with Crippen LogP contribution in [0.25, 0.3) is 0 Å². The zero-order valence-corrected chi connectivity index (χ0v) is 16.3. The molecule has 1 amide bonds. The Bertz CT molecular complexity index is 1000. The predicted molar refractivity (Wildman–Crippen MR) is 110 cm³/mol. The smallest absolute Gasteiger partial charge is 0.288 e. The van der Waals surface area contributed by atoms with Crippen LogP contribution in [0.5, 0.6) is 0 Å². The lowest BCUT2D eigenvalue weighted by Crippen LogP contribution is -2.30. The number of amides is 1. The molecule has 144 valence electrons. The molecule has 28 heavy (non-hydrogen) atoms. The van der Waals surface area contributed by atoms with Gasteiger partial charge >= 0.3 is 0 Å². The number of nitro groups is 1. The molecule has 3 unspecified atom stereocenters. The number of anilines is 2. The van der Waals surface area contributed by atoms with Gasteiger partial charge in [-0.15, -0.1) is 0 Å². The number of nitrogens with one attached hydrogen (secondary N) is 1. The van der Waals surface area contributed by atoms with Crippen molar-refractivity contribution in [2.45, 2.75) is 25.3 Å². The van der Waals surface area contributed by atoms with E-state index < -0.39 is 4.92 Å². The Kier molecular flexibility index (Phi) is 4.59. The largest absolute Gasteiger partial charge is 0.378 e. The molecular formula is C21H20ClN3O3. The second-order valence-electron chi connectivity index (χ2n) is 7.29. The van der Waals surface area contributed by atoms with Crippen LogP contribution in [0.3, 0.4) is 0 Å². The van der Waals surface area contributed by atoms with Gasteiger partial charge < -0.3 is 10.2 Å². The van der Waals surface area contributed by atoms with Crippen molar-refractivity contribution in [1.29, 1.82) is 0 Å². The molecule has 0 fully saturated rings. The SMILES string of the molecule is CC(=O)N(C)c1ccc2c(c1)C1C=CCC1C(c1ccc(Cl)c([N+](=O)[O-])c1)N2. The number of allylic oxidation sites excluding steroid dienone is 2.